The molecule has 1 aliphatic carbocycles. The van der Waals surface area contributed by atoms with Gasteiger partial charge in [-0.2, -0.15) is 0 Å². The van der Waals surface area contributed by atoms with Crippen LogP contribution < -0.4 is 15.8 Å². The normalized spacial score (nSPS) is 18.0. The fourth-order valence-corrected chi connectivity index (χ4v) is 3.88. The second-order valence-corrected chi connectivity index (χ2v) is 7.02. The number of likely N-dealkylation sites (tertiary alicyclic amines) is 1. The van der Waals surface area contributed by atoms with E-state index in [1.165, 1.54) is 17.5 Å². The number of nitrogens with two attached hydrogens (primary N) is 1. The maximum Gasteiger partial charge on any atom is 0.231 e. The molecule has 0 spiro atoms. The zero-order chi connectivity index (χ0) is 17.8. The van der Waals surface area contributed by atoms with Crippen LogP contribution in [0.2, 0.25) is 0 Å². The number of methoxy groups -OCH3 is 1. The van der Waals surface area contributed by atoms with Crippen LogP contribution in [0.5, 0.6) is 5.75 Å². The third kappa shape index (κ3) is 4.31. The highest BCUT2D eigenvalue weighted by atomic mass is 16.5. The van der Waals surface area contributed by atoms with Crippen molar-refractivity contribution in [2.24, 2.45) is 11.7 Å². The summed E-state index contributed by atoms with van der Waals surface area (Å²) in [5.74, 6) is 0.634. The zero-order valence-electron chi connectivity index (χ0n) is 14.8. The smallest absolute Gasteiger partial charge is 0.231 e. The number of carbonyl (C=O) groups is 2. The van der Waals surface area contributed by atoms with E-state index in [-0.39, 0.29) is 24.3 Å². The molecule has 1 aliphatic heterocycles. The van der Waals surface area contributed by atoms with E-state index in [2.05, 4.69) is 17.4 Å². The van der Waals surface area contributed by atoms with Gasteiger partial charge < -0.3 is 15.8 Å². The lowest BCUT2D eigenvalue weighted by Crippen LogP contribution is -2.43. The van der Waals surface area contributed by atoms with Crippen molar-refractivity contribution in [3.05, 3.63) is 28.8 Å². The van der Waals surface area contributed by atoms with Crippen molar-refractivity contribution < 1.29 is 14.3 Å². The van der Waals surface area contributed by atoms with Crippen LogP contribution in [0.4, 0.5) is 0 Å². The minimum Gasteiger partial charge on any atom is -0.496 e. The molecule has 3 rings (SSSR count). The van der Waals surface area contributed by atoms with Crippen molar-refractivity contribution in [1.29, 1.82) is 0 Å². The number of ether oxygens (including phenoxy) is 1. The average Bonchev–Trinajstić information content (AvgIpc) is 3.06. The van der Waals surface area contributed by atoms with E-state index in [0.717, 1.165) is 50.1 Å². The molecule has 1 aromatic carbocycles. The second kappa shape index (κ2) is 7.87. The Kier molecular flexibility index (Phi) is 5.58. The Morgan fingerprint density at radius 1 is 1.24 bits per heavy atom. The lowest BCUT2D eigenvalue weighted by Gasteiger charge is -2.30. The summed E-state index contributed by atoms with van der Waals surface area (Å²) in [4.78, 5) is 25.5. The number of fused-ring (bicyclic) bond motifs is 1. The molecule has 6 heteroatoms. The fourth-order valence-electron chi connectivity index (χ4n) is 3.88. The van der Waals surface area contributed by atoms with Gasteiger partial charge in [-0.1, -0.05) is 6.07 Å². The quantitative estimate of drug-likeness (QED) is 0.805. The van der Waals surface area contributed by atoms with Crippen LogP contribution in [-0.2, 0) is 29.0 Å². The van der Waals surface area contributed by atoms with Crippen LogP contribution in [0.3, 0.4) is 0 Å². The molecule has 1 fully saturated rings. The second-order valence-electron chi connectivity index (χ2n) is 7.02. The van der Waals surface area contributed by atoms with Gasteiger partial charge in [-0.15, -0.1) is 0 Å². The first-order valence-corrected chi connectivity index (χ1v) is 9.04. The predicted molar refractivity (Wildman–Crippen MR) is 95.2 cm³/mol. The lowest BCUT2D eigenvalue weighted by molar-refractivity contribution is -0.126. The third-order valence-corrected chi connectivity index (χ3v) is 5.29. The van der Waals surface area contributed by atoms with Crippen molar-refractivity contribution in [3.63, 3.8) is 0 Å². The van der Waals surface area contributed by atoms with Crippen molar-refractivity contribution in [1.82, 2.24) is 10.2 Å². The number of carbonyl (C=O) groups excluding carboxylic acids is 2. The maximum absolute atomic E-state index is 12.5. The van der Waals surface area contributed by atoms with Crippen LogP contribution in [0.1, 0.15) is 36.0 Å². The predicted octanol–water partition coefficient (Wildman–Crippen LogP) is 0.997. The first-order valence-electron chi connectivity index (χ1n) is 9.04. The summed E-state index contributed by atoms with van der Waals surface area (Å²) < 4.78 is 5.50. The lowest BCUT2D eigenvalue weighted by atomic mass is 9.95. The molecule has 1 saturated heterocycles. The van der Waals surface area contributed by atoms with Gasteiger partial charge in [-0.25, -0.2) is 0 Å². The number of benzene rings is 1. The Bertz CT molecular complexity index is 652. The van der Waals surface area contributed by atoms with E-state index >= 15 is 0 Å². The van der Waals surface area contributed by atoms with Gasteiger partial charge in [-0.3, -0.25) is 14.5 Å². The Morgan fingerprint density at radius 2 is 1.92 bits per heavy atom. The standard InChI is InChI=1S/C19H27N3O3/c1-25-17-10-15-4-2-3-14(15)9-16(17)11-21-19(24)13-5-7-22(8-6-13)12-18(20)23/h9-10,13H,2-8,11-12H2,1H3,(H2,20,23)(H,21,24). The molecular weight excluding hydrogens is 318 g/mol. The van der Waals surface area contributed by atoms with E-state index in [9.17, 15) is 9.59 Å². The minimum absolute atomic E-state index is 0.00421. The molecule has 136 valence electrons. The average molecular weight is 345 g/mol. The Balaban J connectivity index is 1.54. The van der Waals surface area contributed by atoms with Crippen LogP contribution in [-0.4, -0.2) is 43.5 Å². The summed E-state index contributed by atoms with van der Waals surface area (Å²) >= 11 is 0. The number of hydrogen-bond acceptors (Lipinski definition) is 4. The number of aryl methyl sites for hydroxylation is 2. The van der Waals surface area contributed by atoms with E-state index in [4.69, 9.17) is 10.5 Å². The van der Waals surface area contributed by atoms with Gasteiger partial charge in [0.25, 0.3) is 0 Å². The Morgan fingerprint density at radius 3 is 2.56 bits per heavy atom. The van der Waals surface area contributed by atoms with Crippen LogP contribution in [0.25, 0.3) is 0 Å². The van der Waals surface area contributed by atoms with Gasteiger partial charge in [0, 0.05) is 18.0 Å². The topological polar surface area (TPSA) is 84.7 Å². The first-order chi connectivity index (χ1) is 12.1. The molecule has 1 aromatic rings. The van der Waals surface area contributed by atoms with Crippen molar-refractivity contribution in [2.45, 2.75) is 38.6 Å². The van der Waals surface area contributed by atoms with E-state index < -0.39 is 0 Å². The number of amides is 2. The molecule has 0 aromatic heterocycles. The largest absolute Gasteiger partial charge is 0.496 e. The summed E-state index contributed by atoms with van der Waals surface area (Å²) in [5, 5.41) is 3.06. The maximum atomic E-state index is 12.5. The first kappa shape index (κ1) is 17.7. The number of piperidine rings is 1. The van der Waals surface area contributed by atoms with E-state index in [0.29, 0.717) is 6.54 Å². The molecule has 6 nitrogen and oxygen atoms in total. The monoisotopic (exact) mass is 345 g/mol. The number of nitrogens with one attached hydrogen (secondary N) is 1. The summed E-state index contributed by atoms with van der Waals surface area (Å²) in [6, 6.07) is 4.29. The number of hydrogen-bond donors (Lipinski definition) is 2. The van der Waals surface area contributed by atoms with E-state index in [1.54, 1.807) is 7.11 Å². The highest BCUT2D eigenvalue weighted by Crippen LogP contribution is 2.30. The number of rotatable bonds is 6. The molecule has 0 bridgehead atoms. The van der Waals surface area contributed by atoms with Crippen LogP contribution in [0.15, 0.2) is 12.1 Å². The van der Waals surface area contributed by atoms with Crippen molar-refractivity contribution >= 4 is 11.8 Å². The molecule has 0 atom stereocenters. The molecule has 3 N–H and O–H groups in total. The van der Waals surface area contributed by atoms with Crippen LogP contribution in [0, 0.1) is 5.92 Å². The molecular formula is C19H27N3O3. The molecule has 2 amide bonds. The molecule has 2 aliphatic rings. The summed E-state index contributed by atoms with van der Waals surface area (Å²) in [5.41, 5.74) is 9.02. The van der Waals surface area contributed by atoms with Gasteiger partial charge >= 0.3 is 0 Å². The molecule has 1 heterocycles. The third-order valence-electron chi connectivity index (χ3n) is 5.29. The minimum atomic E-state index is -0.313. The Hall–Kier alpha value is -2.08. The van der Waals surface area contributed by atoms with Crippen molar-refractivity contribution in [3.8, 4) is 5.75 Å². The summed E-state index contributed by atoms with van der Waals surface area (Å²) in [7, 11) is 1.68. The summed E-state index contributed by atoms with van der Waals surface area (Å²) in [6.45, 7) is 2.25. The molecule has 0 saturated carbocycles. The Labute approximate surface area is 148 Å². The van der Waals surface area contributed by atoms with Gasteiger partial charge in [0.2, 0.25) is 11.8 Å². The van der Waals surface area contributed by atoms with Gasteiger partial charge in [0.05, 0.1) is 13.7 Å². The number of primary amides is 1. The fraction of sp³-hybridized carbons (Fsp3) is 0.579. The van der Waals surface area contributed by atoms with Gasteiger partial charge in [0.15, 0.2) is 0 Å². The highest BCUT2D eigenvalue weighted by molar-refractivity contribution is 5.79. The van der Waals surface area contributed by atoms with E-state index in [1.807, 2.05) is 4.90 Å². The summed E-state index contributed by atoms with van der Waals surface area (Å²) in [6.07, 6.45) is 4.94. The van der Waals surface area contributed by atoms with Crippen molar-refractivity contribution in [2.75, 3.05) is 26.7 Å². The highest BCUT2D eigenvalue weighted by Gasteiger charge is 2.25. The SMILES string of the molecule is COc1cc2c(cc1CNC(=O)C1CCN(CC(N)=O)CC1)CCC2. The number of nitrogens with zero attached hydrogens (tertiary/aromatic N) is 1. The van der Waals surface area contributed by atoms with Gasteiger partial charge in [0.1, 0.15) is 5.75 Å². The van der Waals surface area contributed by atoms with Gasteiger partial charge in [-0.05, 0) is 62.4 Å². The molecule has 25 heavy (non-hydrogen) atoms. The molecule has 0 unspecified atom stereocenters. The molecule has 0 radical (unpaired) electrons. The van der Waals surface area contributed by atoms with Crippen LogP contribution >= 0.6 is 0 Å². The zero-order valence-corrected chi connectivity index (χ0v) is 14.8.